The van der Waals surface area contributed by atoms with E-state index in [1.807, 2.05) is 32.8 Å². The maximum atomic E-state index is 10.3. The second-order valence-electron chi connectivity index (χ2n) is 4.58. The van der Waals surface area contributed by atoms with Gasteiger partial charge < -0.3 is 15.7 Å². The summed E-state index contributed by atoms with van der Waals surface area (Å²) in [6, 6.07) is 1.65. The summed E-state index contributed by atoms with van der Waals surface area (Å²) in [6.07, 6.45) is 0.726. The number of anilines is 1. The minimum Gasteiger partial charge on any atom is -0.386 e. The number of halogens is 1. The average molecular weight is 244 g/mol. The number of hydrogen-bond acceptors (Lipinski definition) is 4. The minimum atomic E-state index is -0.742. The van der Waals surface area contributed by atoms with Crippen LogP contribution in [0.1, 0.15) is 25.5 Å². The number of aliphatic hydroxyl groups is 1. The van der Waals surface area contributed by atoms with Crippen LogP contribution in [0.25, 0.3) is 0 Å². The molecule has 1 heterocycles. The molecule has 0 fully saturated rings. The Hall–Kier alpha value is -0.840. The van der Waals surface area contributed by atoms with E-state index in [1.54, 1.807) is 6.07 Å². The lowest BCUT2D eigenvalue weighted by molar-refractivity contribution is 0.0167. The molecule has 90 valence electrons. The van der Waals surface area contributed by atoms with Crippen molar-refractivity contribution < 1.29 is 5.11 Å². The van der Waals surface area contributed by atoms with E-state index < -0.39 is 11.6 Å². The topological polar surface area (TPSA) is 62.4 Å². The fraction of sp³-hybridized carbons (Fsp3) is 0.545. The average Bonchev–Trinajstić information content (AvgIpc) is 2.20. The summed E-state index contributed by atoms with van der Waals surface area (Å²) in [5.41, 5.74) is 5.86. The molecule has 0 aliphatic heterocycles. The van der Waals surface area contributed by atoms with E-state index in [2.05, 4.69) is 4.98 Å². The highest BCUT2D eigenvalue weighted by Crippen LogP contribution is 2.32. The van der Waals surface area contributed by atoms with Crippen LogP contribution < -0.4 is 5.73 Å². The van der Waals surface area contributed by atoms with Gasteiger partial charge >= 0.3 is 0 Å². The first-order valence-electron chi connectivity index (χ1n) is 5.03. The first-order chi connectivity index (χ1) is 7.26. The molecule has 1 atom stereocenters. The Bertz CT molecular complexity index is 379. The Balaban J connectivity index is 3.14. The lowest BCUT2D eigenvalue weighted by Gasteiger charge is -2.37. The van der Waals surface area contributed by atoms with Crippen LogP contribution in [0.4, 0.5) is 5.82 Å². The Morgan fingerprint density at radius 1 is 1.50 bits per heavy atom. The van der Waals surface area contributed by atoms with Crippen molar-refractivity contribution in [2.75, 3.05) is 19.8 Å². The predicted octanol–water partition coefficient (Wildman–Crippen LogP) is 1.69. The maximum absolute atomic E-state index is 10.3. The number of rotatable bonds is 3. The van der Waals surface area contributed by atoms with Crippen LogP contribution in [0.3, 0.4) is 0 Å². The molecule has 0 saturated carbocycles. The van der Waals surface area contributed by atoms with Gasteiger partial charge in [-0.1, -0.05) is 11.6 Å². The second kappa shape index (κ2) is 4.57. The molecule has 0 aliphatic carbocycles. The van der Waals surface area contributed by atoms with E-state index in [4.69, 9.17) is 17.3 Å². The van der Waals surface area contributed by atoms with Gasteiger partial charge in [0.25, 0.3) is 0 Å². The third-order valence-corrected chi connectivity index (χ3v) is 3.24. The van der Waals surface area contributed by atoms with Crippen LogP contribution in [-0.2, 0) is 0 Å². The fourth-order valence-corrected chi connectivity index (χ4v) is 1.48. The highest BCUT2D eigenvalue weighted by Gasteiger charge is 2.32. The molecule has 0 bridgehead atoms. The molecule has 5 heteroatoms. The van der Waals surface area contributed by atoms with Gasteiger partial charge in [0.15, 0.2) is 0 Å². The number of likely N-dealkylation sites (N-methyl/N-ethyl adjacent to an activating group) is 1. The van der Waals surface area contributed by atoms with E-state index in [1.165, 1.54) is 6.20 Å². The van der Waals surface area contributed by atoms with Gasteiger partial charge in [-0.15, -0.1) is 0 Å². The standard InChI is InChI=1S/C11H18ClN3O/c1-11(2,15(3)4)9(16)8-5-7(12)6-14-10(8)13/h5-6,9,16H,1-4H3,(H2,13,14). The Morgan fingerprint density at radius 3 is 2.56 bits per heavy atom. The van der Waals surface area contributed by atoms with Crippen molar-refractivity contribution >= 4 is 17.4 Å². The molecule has 0 aliphatic rings. The largest absolute Gasteiger partial charge is 0.386 e. The first-order valence-corrected chi connectivity index (χ1v) is 5.41. The summed E-state index contributed by atoms with van der Waals surface area (Å²) in [5.74, 6) is 0.312. The molecule has 4 nitrogen and oxygen atoms in total. The van der Waals surface area contributed by atoms with Crippen LogP contribution >= 0.6 is 11.6 Å². The number of pyridine rings is 1. The van der Waals surface area contributed by atoms with E-state index in [-0.39, 0.29) is 0 Å². The quantitative estimate of drug-likeness (QED) is 0.848. The fourth-order valence-electron chi connectivity index (χ4n) is 1.31. The summed E-state index contributed by atoms with van der Waals surface area (Å²) >= 11 is 5.85. The zero-order chi connectivity index (χ0) is 12.5. The Kier molecular flexibility index (Phi) is 3.78. The van der Waals surface area contributed by atoms with E-state index in [9.17, 15) is 5.11 Å². The number of nitrogens with zero attached hydrogens (tertiary/aromatic N) is 2. The SMILES string of the molecule is CN(C)C(C)(C)C(O)c1cc(Cl)cnc1N. The molecule has 0 aromatic carbocycles. The maximum Gasteiger partial charge on any atom is 0.129 e. The van der Waals surface area contributed by atoms with Crippen LogP contribution in [-0.4, -0.2) is 34.6 Å². The molecule has 16 heavy (non-hydrogen) atoms. The van der Waals surface area contributed by atoms with Crippen molar-refractivity contribution in [3.8, 4) is 0 Å². The molecule has 1 rings (SSSR count). The van der Waals surface area contributed by atoms with Gasteiger partial charge in [-0.3, -0.25) is 0 Å². The lowest BCUT2D eigenvalue weighted by Crippen LogP contribution is -2.44. The molecule has 1 aromatic heterocycles. The van der Waals surface area contributed by atoms with Gasteiger partial charge in [-0.2, -0.15) is 0 Å². The number of nitrogens with two attached hydrogens (primary N) is 1. The van der Waals surface area contributed by atoms with Crippen molar-refractivity contribution in [2.24, 2.45) is 0 Å². The minimum absolute atomic E-state index is 0.312. The van der Waals surface area contributed by atoms with E-state index in [0.717, 1.165) is 0 Å². The van der Waals surface area contributed by atoms with E-state index in [0.29, 0.717) is 16.4 Å². The molecule has 0 saturated heterocycles. The monoisotopic (exact) mass is 243 g/mol. The summed E-state index contributed by atoms with van der Waals surface area (Å²) in [7, 11) is 3.80. The van der Waals surface area contributed by atoms with E-state index >= 15 is 0 Å². The van der Waals surface area contributed by atoms with Crippen molar-refractivity contribution in [2.45, 2.75) is 25.5 Å². The van der Waals surface area contributed by atoms with Gasteiger partial charge in [0, 0.05) is 17.3 Å². The van der Waals surface area contributed by atoms with Gasteiger partial charge in [0.1, 0.15) is 11.9 Å². The predicted molar refractivity (Wildman–Crippen MR) is 66.4 cm³/mol. The zero-order valence-corrected chi connectivity index (χ0v) is 10.8. The van der Waals surface area contributed by atoms with Gasteiger partial charge in [-0.05, 0) is 34.0 Å². The van der Waals surface area contributed by atoms with Gasteiger partial charge in [-0.25, -0.2) is 4.98 Å². The van der Waals surface area contributed by atoms with Crippen molar-refractivity contribution in [3.05, 3.63) is 22.8 Å². The smallest absolute Gasteiger partial charge is 0.129 e. The summed E-state index contributed by atoms with van der Waals surface area (Å²) in [4.78, 5) is 5.87. The molecule has 0 amide bonds. The van der Waals surface area contributed by atoms with Gasteiger partial charge in [0.2, 0.25) is 0 Å². The van der Waals surface area contributed by atoms with Crippen molar-refractivity contribution in [3.63, 3.8) is 0 Å². The van der Waals surface area contributed by atoms with Crippen LogP contribution in [0.15, 0.2) is 12.3 Å². The highest BCUT2D eigenvalue weighted by atomic mass is 35.5. The molecule has 0 radical (unpaired) electrons. The highest BCUT2D eigenvalue weighted by molar-refractivity contribution is 6.30. The summed E-state index contributed by atoms with van der Waals surface area (Å²) in [5, 5.41) is 10.8. The van der Waals surface area contributed by atoms with Crippen LogP contribution in [0.2, 0.25) is 5.02 Å². The summed E-state index contributed by atoms with van der Waals surface area (Å²) in [6.45, 7) is 3.86. The molecule has 1 aromatic rings. The van der Waals surface area contributed by atoms with Crippen molar-refractivity contribution in [1.29, 1.82) is 0 Å². The first kappa shape index (κ1) is 13.2. The third kappa shape index (κ3) is 2.45. The Morgan fingerprint density at radius 2 is 2.06 bits per heavy atom. The molecular formula is C11H18ClN3O. The summed E-state index contributed by atoms with van der Waals surface area (Å²) < 4.78 is 0. The van der Waals surface area contributed by atoms with Crippen molar-refractivity contribution in [1.82, 2.24) is 9.88 Å². The number of aliphatic hydroxyl groups excluding tert-OH is 1. The third-order valence-electron chi connectivity index (χ3n) is 3.03. The van der Waals surface area contributed by atoms with Crippen LogP contribution in [0.5, 0.6) is 0 Å². The van der Waals surface area contributed by atoms with Gasteiger partial charge in [0.05, 0.1) is 5.02 Å². The normalized spacial score (nSPS) is 14.2. The van der Waals surface area contributed by atoms with Crippen LogP contribution in [0, 0.1) is 0 Å². The molecule has 1 unspecified atom stereocenters. The Labute approximate surface area is 101 Å². The second-order valence-corrected chi connectivity index (χ2v) is 5.02. The lowest BCUT2D eigenvalue weighted by atomic mass is 9.90. The molecular weight excluding hydrogens is 226 g/mol. The number of aromatic nitrogens is 1. The number of nitrogen functional groups attached to an aromatic ring is 1. The molecule has 3 N–H and O–H groups in total. The molecule has 0 spiro atoms. The zero-order valence-electron chi connectivity index (χ0n) is 10.0. The number of hydrogen-bond donors (Lipinski definition) is 2.